The average Bonchev–Trinajstić information content (AvgIpc) is 3.01. The van der Waals surface area contributed by atoms with Crippen molar-refractivity contribution < 1.29 is 0 Å². The SMILES string of the molecule is [Al+3].c1ccc([N-]c2ccccc2)cc1.c1ccc([N-]c2ccccc2)cc1.c1ccc([N-]c2ccccc2)cc1. The molecular formula is C36H30AlN3. The van der Waals surface area contributed by atoms with Crippen molar-refractivity contribution in [2.75, 3.05) is 0 Å². The van der Waals surface area contributed by atoms with E-state index in [-0.39, 0.29) is 17.4 Å². The van der Waals surface area contributed by atoms with Crippen LogP contribution < -0.4 is 0 Å². The molecule has 3 nitrogen and oxygen atoms in total. The summed E-state index contributed by atoms with van der Waals surface area (Å²) in [6, 6.07) is 59.7. The van der Waals surface area contributed by atoms with Gasteiger partial charge in [-0.25, -0.2) is 0 Å². The van der Waals surface area contributed by atoms with Gasteiger partial charge in [0.1, 0.15) is 0 Å². The monoisotopic (exact) mass is 531 g/mol. The summed E-state index contributed by atoms with van der Waals surface area (Å²) in [6.07, 6.45) is 0. The van der Waals surface area contributed by atoms with Gasteiger partial charge in [-0.05, 0) is 0 Å². The van der Waals surface area contributed by atoms with Crippen LogP contribution in [0.5, 0.6) is 0 Å². The van der Waals surface area contributed by atoms with E-state index < -0.39 is 0 Å². The molecule has 192 valence electrons. The van der Waals surface area contributed by atoms with Crippen LogP contribution in [0.3, 0.4) is 0 Å². The fraction of sp³-hybridized carbons (Fsp3) is 0. The predicted octanol–water partition coefficient (Wildman–Crippen LogP) is 11.7. The quantitative estimate of drug-likeness (QED) is 0.192. The predicted molar refractivity (Wildman–Crippen MR) is 172 cm³/mol. The second-order valence-corrected chi connectivity index (χ2v) is 8.35. The third-order valence-electron chi connectivity index (χ3n) is 5.31. The molecule has 0 aromatic heterocycles. The van der Waals surface area contributed by atoms with Gasteiger partial charge in [0.15, 0.2) is 0 Å². The number of nitrogens with zero attached hydrogens (tertiary/aromatic N) is 3. The zero-order chi connectivity index (χ0) is 26.8. The van der Waals surface area contributed by atoms with E-state index in [0.29, 0.717) is 0 Å². The van der Waals surface area contributed by atoms with Crippen LogP contribution in [0.4, 0.5) is 34.1 Å². The molecule has 6 aromatic rings. The molecule has 0 aliphatic carbocycles. The maximum Gasteiger partial charge on any atom is 3.00 e. The molecule has 0 heterocycles. The standard InChI is InChI=1S/3C12H10N.Al/c3*1-3-7-11(8-4-1)13-12-9-5-2-6-10-12;/h3*1-10H;/q3*-1;+3. The normalized spacial score (nSPS) is 9.30. The maximum atomic E-state index is 4.44. The molecule has 0 radical (unpaired) electrons. The molecule has 0 bridgehead atoms. The van der Waals surface area contributed by atoms with E-state index in [1.54, 1.807) is 0 Å². The molecule has 0 atom stereocenters. The Morgan fingerprint density at radius 3 is 0.450 bits per heavy atom. The third-order valence-corrected chi connectivity index (χ3v) is 5.31. The zero-order valence-corrected chi connectivity index (χ0v) is 23.4. The van der Waals surface area contributed by atoms with Gasteiger partial charge in [0.2, 0.25) is 0 Å². The van der Waals surface area contributed by atoms with Crippen LogP contribution in [0.25, 0.3) is 16.0 Å². The van der Waals surface area contributed by atoms with E-state index in [9.17, 15) is 0 Å². The fourth-order valence-corrected chi connectivity index (χ4v) is 3.46. The molecule has 40 heavy (non-hydrogen) atoms. The van der Waals surface area contributed by atoms with Crippen molar-refractivity contribution in [3.63, 3.8) is 0 Å². The summed E-state index contributed by atoms with van der Waals surface area (Å²) in [5.41, 5.74) is 5.97. The molecule has 0 aliphatic rings. The van der Waals surface area contributed by atoms with Crippen molar-refractivity contribution in [1.82, 2.24) is 0 Å². The Balaban J connectivity index is 0.000000163. The van der Waals surface area contributed by atoms with Gasteiger partial charge in [-0.1, -0.05) is 182 Å². The first-order valence-electron chi connectivity index (χ1n) is 12.8. The molecular weight excluding hydrogens is 501 g/mol. The van der Waals surface area contributed by atoms with Gasteiger partial charge >= 0.3 is 17.4 Å². The molecule has 0 aliphatic heterocycles. The molecule has 4 heteroatoms. The second-order valence-electron chi connectivity index (χ2n) is 8.35. The summed E-state index contributed by atoms with van der Waals surface area (Å²) in [5, 5.41) is 13.3. The van der Waals surface area contributed by atoms with Gasteiger partial charge < -0.3 is 16.0 Å². The fourth-order valence-electron chi connectivity index (χ4n) is 3.46. The number of hydrogen-bond donors (Lipinski definition) is 0. The number of benzene rings is 6. The minimum absolute atomic E-state index is 0. The largest absolute Gasteiger partial charge is 3.00 e. The van der Waals surface area contributed by atoms with Gasteiger partial charge in [0.05, 0.1) is 0 Å². The minimum Gasteiger partial charge on any atom is -0.658 e. The second kappa shape index (κ2) is 17.7. The van der Waals surface area contributed by atoms with Crippen LogP contribution in [0.2, 0.25) is 0 Å². The van der Waals surface area contributed by atoms with Gasteiger partial charge in [-0.15, -0.1) is 34.1 Å². The summed E-state index contributed by atoms with van der Waals surface area (Å²) < 4.78 is 0. The average molecular weight is 532 g/mol. The topological polar surface area (TPSA) is 42.3 Å². The molecule has 0 amide bonds. The summed E-state index contributed by atoms with van der Waals surface area (Å²) in [7, 11) is 0. The molecule has 6 rings (SSSR count). The van der Waals surface area contributed by atoms with Crippen LogP contribution in [-0.2, 0) is 0 Å². The molecule has 0 saturated heterocycles. The minimum atomic E-state index is 0. The number of rotatable bonds is 6. The molecule has 0 unspecified atom stereocenters. The van der Waals surface area contributed by atoms with E-state index in [0.717, 1.165) is 34.1 Å². The molecule has 0 saturated carbocycles. The van der Waals surface area contributed by atoms with Crippen LogP contribution >= 0.6 is 0 Å². The van der Waals surface area contributed by atoms with Gasteiger partial charge in [-0.2, -0.15) is 0 Å². The van der Waals surface area contributed by atoms with Crippen molar-refractivity contribution in [2.24, 2.45) is 0 Å². The van der Waals surface area contributed by atoms with Crippen LogP contribution in [0.15, 0.2) is 182 Å². The van der Waals surface area contributed by atoms with Gasteiger partial charge in [-0.3, -0.25) is 0 Å². The summed E-state index contributed by atoms with van der Waals surface area (Å²) >= 11 is 0. The Hall–Kier alpha value is -4.75. The van der Waals surface area contributed by atoms with E-state index in [2.05, 4.69) is 16.0 Å². The Morgan fingerprint density at radius 2 is 0.325 bits per heavy atom. The first kappa shape index (κ1) is 29.8. The summed E-state index contributed by atoms with van der Waals surface area (Å²) in [4.78, 5) is 0. The Kier molecular flexibility index (Phi) is 13.2. The summed E-state index contributed by atoms with van der Waals surface area (Å²) in [6.45, 7) is 0. The molecule has 0 spiro atoms. The first-order valence-corrected chi connectivity index (χ1v) is 12.8. The summed E-state index contributed by atoms with van der Waals surface area (Å²) in [5.74, 6) is 0. The van der Waals surface area contributed by atoms with Crippen LogP contribution in [0, 0.1) is 0 Å². The number of para-hydroxylation sites is 6. The van der Waals surface area contributed by atoms with Gasteiger partial charge in [0, 0.05) is 0 Å². The Morgan fingerprint density at radius 1 is 0.200 bits per heavy atom. The zero-order valence-electron chi connectivity index (χ0n) is 22.2. The molecule has 0 N–H and O–H groups in total. The smallest absolute Gasteiger partial charge is 0.658 e. The van der Waals surface area contributed by atoms with Crippen molar-refractivity contribution in [2.45, 2.75) is 0 Å². The van der Waals surface area contributed by atoms with E-state index >= 15 is 0 Å². The first-order chi connectivity index (χ1) is 19.3. The van der Waals surface area contributed by atoms with Gasteiger partial charge in [0.25, 0.3) is 0 Å². The van der Waals surface area contributed by atoms with Crippen molar-refractivity contribution in [3.05, 3.63) is 198 Å². The molecule has 6 aromatic carbocycles. The third kappa shape index (κ3) is 11.3. The van der Waals surface area contributed by atoms with E-state index in [1.807, 2.05) is 182 Å². The van der Waals surface area contributed by atoms with Crippen LogP contribution in [-0.4, -0.2) is 17.4 Å². The number of hydrogen-bond acceptors (Lipinski definition) is 0. The van der Waals surface area contributed by atoms with Crippen LogP contribution in [0.1, 0.15) is 0 Å². The van der Waals surface area contributed by atoms with E-state index in [1.165, 1.54) is 0 Å². The molecule has 0 fully saturated rings. The van der Waals surface area contributed by atoms with Crippen molar-refractivity contribution in [1.29, 1.82) is 0 Å². The van der Waals surface area contributed by atoms with Crippen molar-refractivity contribution >= 4 is 51.5 Å². The Labute approximate surface area is 248 Å². The van der Waals surface area contributed by atoms with Crippen molar-refractivity contribution in [3.8, 4) is 0 Å². The maximum absolute atomic E-state index is 4.44. The van der Waals surface area contributed by atoms with E-state index in [4.69, 9.17) is 0 Å². The Bertz CT molecular complexity index is 1140.